The number of pyridine rings is 2. The van der Waals surface area contributed by atoms with Crippen molar-refractivity contribution < 1.29 is 23.6 Å². The molecule has 4 unspecified atom stereocenters. The highest BCUT2D eigenvalue weighted by Gasteiger charge is 2.38. The van der Waals surface area contributed by atoms with Crippen LogP contribution in [0.3, 0.4) is 0 Å². The Kier molecular flexibility index (Phi) is 18.1. The summed E-state index contributed by atoms with van der Waals surface area (Å²) in [5, 5.41) is 2.67. The molecule has 4 atom stereocenters. The largest absolute Gasteiger partial charge is 0.446 e. The summed E-state index contributed by atoms with van der Waals surface area (Å²) >= 11 is 0. The number of nitrogens with one attached hydrogen (secondary N) is 1. The molecule has 0 aliphatic carbocycles. The van der Waals surface area contributed by atoms with E-state index in [4.69, 9.17) is 4.42 Å². The summed E-state index contributed by atoms with van der Waals surface area (Å²) in [7, 11) is 0. The summed E-state index contributed by atoms with van der Waals surface area (Å²) in [5.74, 6) is -0.387. The molecule has 0 aliphatic rings. The predicted octanol–water partition coefficient (Wildman–Crippen LogP) is 8.82. The normalized spacial score (nSPS) is 13.2. The van der Waals surface area contributed by atoms with Gasteiger partial charge in [0.15, 0.2) is 5.89 Å². The third-order valence-electron chi connectivity index (χ3n) is 10.6. The summed E-state index contributed by atoms with van der Waals surface area (Å²) in [4.78, 5) is 68.7. The lowest BCUT2D eigenvalue weighted by molar-refractivity contribution is -0.138. The third kappa shape index (κ3) is 13.5. The zero-order valence-electron chi connectivity index (χ0n) is 37.5. The topological polar surface area (TPSA) is 139 Å². The van der Waals surface area contributed by atoms with Crippen molar-refractivity contribution in [3.05, 3.63) is 150 Å². The molecule has 5 rings (SSSR count). The lowest BCUT2D eigenvalue weighted by atomic mass is 9.78. The van der Waals surface area contributed by atoms with Crippen LogP contribution in [0.15, 0.2) is 120 Å². The van der Waals surface area contributed by atoms with Crippen LogP contribution < -0.4 is 5.32 Å². The maximum Gasteiger partial charge on any atom is 0.231 e. The number of carbonyl (C=O) groups excluding carboxylic acids is 4. The van der Waals surface area contributed by atoms with E-state index in [1.165, 1.54) is 6.92 Å². The number of oxazole rings is 1. The molecule has 0 bridgehead atoms. The molecule has 1 N–H and O–H groups in total. The summed E-state index contributed by atoms with van der Waals surface area (Å²) in [5.41, 5.74) is 3.66. The molecule has 11 nitrogen and oxygen atoms in total. The Morgan fingerprint density at radius 2 is 1.02 bits per heavy atom. The van der Waals surface area contributed by atoms with Crippen molar-refractivity contribution >= 4 is 23.5 Å². The van der Waals surface area contributed by atoms with Gasteiger partial charge in [0, 0.05) is 73.6 Å². The predicted molar refractivity (Wildman–Crippen MR) is 240 cm³/mol. The molecule has 0 fully saturated rings. The van der Waals surface area contributed by atoms with Gasteiger partial charge in [0.1, 0.15) is 11.5 Å². The minimum absolute atomic E-state index is 0.00892. The molecule has 0 radical (unpaired) electrons. The van der Waals surface area contributed by atoms with Crippen molar-refractivity contribution in [1.82, 2.24) is 30.1 Å². The quantitative estimate of drug-likeness (QED) is 0.0925. The van der Waals surface area contributed by atoms with Crippen LogP contribution in [0.2, 0.25) is 0 Å². The molecule has 2 aromatic carbocycles. The molecule has 0 spiro atoms. The highest BCUT2D eigenvalue weighted by atomic mass is 16.4. The van der Waals surface area contributed by atoms with Gasteiger partial charge in [-0.05, 0) is 104 Å². The van der Waals surface area contributed by atoms with Crippen LogP contribution in [0.1, 0.15) is 126 Å². The van der Waals surface area contributed by atoms with E-state index in [1.807, 2.05) is 117 Å². The molecule has 0 saturated carbocycles. The minimum Gasteiger partial charge on any atom is -0.446 e. The van der Waals surface area contributed by atoms with E-state index >= 15 is 0 Å². The SMILES string of the molecule is CC(=O)CNC(=O)CC(c1ccccc1)C(C(=O)N(C(C)C)C(C)C)c1cccnc1.Cc1cnc(CC(c2ccccc2)C(C(=O)N(C(C)C)C(C)C)c2cccnc2)o1. The van der Waals surface area contributed by atoms with E-state index < -0.39 is 17.8 Å². The van der Waals surface area contributed by atoms with Gasteiger partial charge in [0.2, 0.25) is 17.7 Å². The average molecular weight is 829 g/mol. The van der Waals surface area contributed by atoms with E-state index in [9.17, 15) is 19.2 Å². The van der Waals surface area contributed by atoms with Crippen LogP contribution in [-0.2, 0) is 25.6 Å². The van der Waals surface area contributed by atoms with Crippen LogP contribution in [-0.4, -0.2) is 79.0 Å². The number of aryl methyl sites for hydroxylation is 1. The van der Waals surface area contributed by atoms with E-state index in [-0.39, 0.29) is 66.6 Å². The Hall–Kier alpha value is -5.97. The van der Waals surface area contributed by atoms with Crippen molar-refractivity contribution in [2.75, 3.05) is 6.54 Å². The van der Waals surface area contributed by atoms with Gasteiger partial charge in [-0.15, -0.1) is 0 Å². The molecular formula is C50H64N6O5. The van der Waals surface area contributed by atoms with Gasteiger partial charge in [-0.3, -0.25) is 29.1 Å². The molecule has 5 aromatic rings. The Labute approximate surface area is 362 Å². The maximum atomic E-state index is 14.0. The fourth-order valence-electron chi connectivity index (χ4n) is 8.18. The van der Waals surface area contributed by atoms with Crippen LogP contribution >= 0.6 is 0 Å². The number of carbonyl (C=O) groups is 4. The monoisotopic (exact) mass is 828 g/mol. The smallest absolute Gasteiger partial charge is 0.231 e. The van der Waals surface area contributed by atoms with Crippen molar-refractivity contribution in [2.24, 2.45) is 0 Å². The van der Waals surface area contributed by atoms with Crippen molar-refractivity contribution in [3.8, 4) is 0 Å². The van der Waals surface area contributed by atoms with Gasteiger partial charge in [-0.25, -0.2) is 4.98 Å². The lowest BCUT2D eigenvalue weighted by Crippen LogP contribution is -2.46. The first-order valence-corrected chi connectivity index (χ1v) is 21.3. The second-order valence-corrected chi connectivity index (χ2v) is 16.7. The summed E-state index contributed by atoms with van der Waals surface area (Å²) in [6.45, 7) is 19.5. The average Bonchev–Trinajstić information content (AvgIpc) is 3.64. The van der Waals surface area contributed by atoms with Crippen molar-refractivity contribution in [3.63, 3.8) is 0 Å². The first kappa shape index (κ1) is 47.7. The Balaban J connectivity index is 0.000000269. The fraction of sp³-hybridized carbons (Fsp3) is 0.420. The van der Waals surface area contributed by atoms with Gasteiger partial charge in [-0.2, -0.15) is 0 Å². The number of hydrogen-bond donors (Lipinski definition) is 1. The van der Waals surface area contributed by atoms with Crippen molar-refractivity contribution in [2.45, 2.75) is 130 Å². The Bertz CT molecular complexity index is 2090. The highest BCUT2D eigenvalue weighted by molar-refractivity contribution is 5.88. The molecule has 61 heavy (non-hydrogen) atoms. The lowest BCUT2D eigenvalue weighted by Gasteiger charge is -2.37. The number of hydrogen-bond acceptors (Lipinski definition) is 8. The standard InChI is InChI=1S/C25H33N3O3.C25H31N3O2/c1-17(2)28(18(3)4)25(31)24(21-12-9-13-26-16-21)22(20-10-7-6-8-11-20)14-23(30)27-15-19(5)29;1-17(2)28(18(3)4)25(29)24(21-12-9-13-26-16-21)22(20-10-7-6-8-11-20)14-23-27-15-19(5)30-23/h6-13,16-18,22,24H,14-15H2,1-5H3,(H,27,30);6-13,15-18,22,24H,14H2,1-5H3. The highest BCUT2D eigenvalue weighted by Crippen LogP contribution is 2.39. The number of Topliss-reactive ketones (excluding diaryl/α,β-unsaturated/α-hetero) is 1. The van der Waals surface area contributed by atoms with Crippen LogP contribution in [0.25, 0.3) is 0 Å². The van der Waals surface area contributed by atoms with Crippen molar-refractivity contribution in [1.29, 1.82) is 0 Å². The summed E-state index contributed by atoms with van der Waals surface area (Å²) in [6, 6.07) is 27.5. The molecule has 3 amide bonds. The van der Waals surface area contributed by atoms with E-state index in [1.54, 1.807) is 31.0 Å². The minimum atomic E-state index is -0.580. The van der Waals surface area contributed by atoms with Gasteiger partial charge in [0.25, 0.3) is 0 Å². The van der Waals surface area contributed by atoms with Gasteiger partial charge in [0.05, 0.1) is 24.6 Å². The van der Waals surface area contributed by atoms with Gasteiger partial charge < -0.3 is 19.5 Å². The molecule has 3 heterocycles. The zero-order chi connectivity index (χ0) is 44.6. The molecule has 0 aliphatic heterocycles. The summed E-state index contributed by atoms with van der Waals surface area (Å²) < 4.78 is 5.81. The molecule has 324 valence electrons. The summed E-state index contributed by atoms with van der Waals surface area (Å²) in [6.07, 6.45) is 9.27. The first-order valence-electron chi connectivity index (χ1n) is 21.3. The van der Waals surface area contributed by atoms with E-state index in [0.29, 0.717) is 12.3 Å². The third-order valence-corrected chi connectivity index (χ3v) is 10.6. The number of ketones is 1. The van der Waals surface area contributed by atoms with Crippen LogP contribution in [0.4, 0.5) is 0 Å². The van der Waals surface area contributed by atoms with Crippen LogP contribution in [0, 0.1) is 6.92 Å². The number of amides is 3. The van der Waals surface area contributed by atoms with Crippen LogP contribution in [0.5, 0.6) is 0 Å². The van der Waals surface area contributed by atoms with E-state index in [2.05, 4.69) is 60.1 Å². The molecule has 11 heteroatoms. The number of nitrogens with zero attached hydrogens (tertiary/aromatic N) is 5. The Morgan fingerprint density at radius 3 is 1.39 bits per heavy atom. The second kappa shape index (κ2) is 23.1. The number of rotatable bonds is 18. The fourth-order valence-corrected chi connectivity index (χ4v) is 8.18. The maximum absolute atomic E-state index is 14.0. The first-order chi connectivity index (χ1) is 29.1. The van der Waals surface area contributed by atoms with Gasteiger partial charge in [-0.1, -0.05) is 72.8 Å². The Morgan fingerprint density at radius 1 is 0.590 bits per heavy atom. The molecular weight excluding hydrogens is 765 g/mol. The van der Waals surface area contributed by atoms with E-state index in [0.717, 1.165) is 28.0 Å². The zero-order valence-corrected chi connectivity index (χ0v) is 37.5. The molecule has 3 aromatic heterocycles. The molecule has 0 saturated heterocycles. The van der Waals surface area contributed by atoms with Gasteiger partial charge >= 0.3 is 0 Å². The number of benzene rings is 2. The second-order valence-electron chi connectivity index (χ2n) is 16.7. The number of aromatic nitrogens is 3.